The highest BCUT2D eigenvalue weighted by atomic mass is 16.4. The van der Waals surface area contributed by atoms with Crippen LogP contribution in [0.25, 0.3) is 0 Å². The zero-order valence-corrected chi connectivity index (χ0v) is 14.8. The van der Waals surface area contributed by atoms with Crippen molar-refractivity contribution >= 4 is 29.7 Å². The van der Waals surface area contributed by atoms with Gasteiger partial charge in [0.25, 0.3) is 0 Å². The molecule has 0 aromatic carbocycles. The summed E-state index contributed by atoms with van der Waals surface area (Å²) in [5.74, 6) is -4.01. The Morgan fingerprint density at radius 2 is 1.89 bits per heavy atom. The number of carbonyl (C=O) groups excluding carboxylic acids is 2. The third-order valence-corrected chi connectivity index (χ3v) is 4.12. The quantitative estimate of drug-likeness (QED) is 0.132. The molecular weight excluding hydrogens is 360 g/mol. The number of amides is 2. The predicted octanol–water partition coefficient (Wildman–Crippen LogP) is -2.60. The van der Waals surface area contributed by atoms with Crippen molar-refractivity contribution in [1.29, 1.82) is 0 Å². The summed E-state index contributed by atoms with van der Waals surface area (Å²) < 4.78 is 0. The zero-order valence-electron chi connectivity index (χ0n) is 14.8. The molecule has 1 aliphatic rings. The van der Waals surface area contributed by atoms with Crippen molar-refractivity contribution in [1.82, 2.24) is 10.2 Å². The number of carbonyl (C=O) groups is 4. The molecule has 12 nitrogen and oxygen atoms in total. The molecule has 0 bridgehead atoms. The highest BCUT2D eigenvalue weighted by Crippen LogP contribution is 2.19. The molecule has 0 radical (unpaired) electrons. The molecule has 152 valence electrons. The molecule has 3 atom stereocenters. The van der Waals surface area contributed by atoms with Crippen LogP contribution in [0.5, 0.6) is 0 Å². The monoisotopic (exact) mass is 386 g/mol. The summed E-state index contributed by atoms with van der Waals surface area (Å²) in [6.07, 6.45) is 0.942. The molecule has 0 aliphatic carbocycles. The lowest BCUT2D eigenvalue weighted by atomic mass is 10.1. The van der Waals surface area contributed by atoms with Crippen LogP contribution in [-0.2, 0) is 19.2 Å². The van der Waals surface area contributed by atoms with E-state index in [1.54, 1.807) is 0 Å². The van der Waals surface area contributed by atoms with E-state index in [1.807, 2.05) is 0 Å². The maximum atomic E-state index is 12.5. The first kappa shape index (κ1) is 22.2. The largest absolute Gasteiger partial charge is 0.481 e. The van der Waals surface area contributed by atoms with Crippen LogP contribution in [0.4, 0.5) is 0 Å². The molecule has 0 aromatic rings. The van der Waals surface area contributed by atoms with Crippen molar-refractivity contribution < 1.29 is 29.4 Å². The lowest BCUT2D eigenvalue weighted by molar-refractivity contribution is -0.148. The maximum Gasteiger partial charge on any atom is 0.326 e. The van der Waals surface area contributed by atoms with Gasteiger partial charge in [0, 0.05) is 13.1 Å². The number of hydrogen-bond donors (Lipinski definition) is 6. The minimum absolute atomic E-state index is 0.0551. The average molecular weight is 386 g/mol. The Balaban J connectivity index is 2.66. The second-order valence-corrected chi connectivity index (χ2v) is 6.24. The third kappa shape index (κ3) is 7.09. The number of nitrogens with two attached hydrogens (primary N) is 3. The summed E-state index contributed by atoms with van der Waals surface area (Å²) in [6.45, 7) is 0.637. The normalized spacial score (nSPS) is 18.4. The molecule has 1 saturated heterocycles. The number of guanidine groups is 1. The highest BCUT2D eigenvalue weighted by Gasteiger charge is 2.37. The minimum Gasteiger partial charge on any atom is -0.481 e. The van der Waals surface area contributed by atoms with Gasteiger partial charge in [-0.05, 0) is 25.7 Å². The van der Waals surface area contributed by atoms with E-state index in [1.165, 1.54) is 4.90 Å². The Morgan fingerprint density at radius 3 is 2.44 bits per heavy atom. The van der Waals surface area contributed by atoms with E-state index in [4.69, 9.17) is 27.4 Å². The number of nitrogens with one attached hydrogen (secondary N) is 1. The van der Waals surface area contributed by atoms with Gasteiger partial charge in [0.1, 0.15) is 12.1 Å². The summed E-state index contributed by atoms with van der Waals surface area (Å²) in [5, 5.41) is 19.9. The molecular formula is C15H26N6O6. The number of carboxylic acids is 2. The van der Waals surface area contributed by atoms with Crippen molar-refractivity contribution in [2.75, 3.05) is 13.1 Å². The Hall–Kier alpha value is -2.89. The van der Waals surface area contributed by atoms with E-state index >= 15 is 0 Å². The average Bonchev–Trinajstić information content (AvgIpc) is 3.06. The molecule has 9 N–H and O–H groups in total. The number of aliphatic imine (C=N–C) groups is 1. The molecule has 0 saturated carbocycles. The van der Waals surface area contributed by atoms with E-state index in [0.29, 0.717) is 38.8 Å². The van der Waals surface area contributed by atoms with E-state index in [9.17, 15) is 19.2 Å². The first-order valence-corrected chi connectivity index (χ1v) is 8.50. The molecule has 1 heterocycles. The first-order chi connectivity index (χ1) is 12.6. The third-order valence-electron chi connectivity index (χ3n) is 4.12. The summed E-state index contributed by atoms with van der Waals surface area (Å²) >= 11 is 0. The zero-order chi connectivity index (χ0) is 20.6. The van der Waals surface area contributed by atoms with Crippen LogP contribution in [-0.4, -0.2) is 76.0 Å². The molecule has 1 rings (SSSR count). The summed E-state index contributed by atoms with van der Waals surface area (Å²) in [6, 6.07) is -3.29. The second kappa shape index (κ2) is 10.3. The minimum atomic E-state index is -1.57. The summed E-state index contributed by atoms with van der Waals surface area (Å²) in [4.78, 5) is 51.8. The van der Waals surface area contributed by atoms with Crippen molar-refractivity contribution in [3.63, 3.8) is 0 Å². The Morgan fingerprint density at radius 1 is 1.22 bits per heavy atom. The Kier molecular flexibility index (Phi) is 8.45. The molecule has 1 aliphatic heterocycles. The van der Waals surface area contributed by atoms with Gasteiger partial charge in [0.05, 0.1) is 12.5 Å². The lowest BCUT2D eigenvalue weighted by Crippen LogP contribution is -2.54. The fourth-order valence-corrected chi connectivity index (χ4v) is 2.80. The predicted molar refractivity (Wildman–Crippen MR) is 94.4 cm³/mol. The molecule has 0 aromatic heterocycles. The van der Waals surface area contributed by atoms with E-state index in [-0.39, 0.29) is 5.96 Å². The number of aliphatic carboxylic acids is 2. The number of rotatable bonds is 10. The Bertz CT molecular complexity index is 606. The molecule has 2 amide bonds. The molecule has 12 heteroatoms. The van der Waals surface area contributed by atoms with Gasteiger partial charge in [0.15, 0.2) is 5.96 Å². The van der Waals surface area contributed by atoms with Crippen LogP contribution in [0.3, 0.4) is 0 Å². The van der Waals surface area contributed by atoms with Gasteiger partial charge in [0.2, 0.25) is 11.8 Å². The second-order valence-electron chi connectivity index (χ2n) is 6.24. The number of carboxylic acid groups (broad SMARTS) is 2. The molecule has 1 fully saturated rings. The van der Waals surface area contributed by atoms with Crippen molar-refractivity contribution in [2.24, 2.45) is 22.2 Å². The smallest absolute Gasteiger partial charge is 0.326 e. The fraction of sp³-hybridized carbons (Fsp3) is 0.667. The van der Waals surface area contributed by atoms with Crippen LogP contribution < -0.4 is 22.5 Å². The van der Waals surface area contributed by atoms with E-state index < -0.39 is 48.3 Å². The number of likely N-dealkylation sites (tertiary alicyclic amines) is 1. The van der Waals surface area contributed by atoms with Gasteiger partial charge in [-0.15, -0.1) is 0 Å². The van der Waals surface area contributed by atoms with Crippen LogP contribution in [0.1, 0.15) is 32.1 Å². The van der Waals surface area contributed by atoms with Crippen LogP contribution >= 0.6 is 0 Å². The topological polar surface area (TPSA) is 214 Å². The highest BCUT2D eigenvalue weighted by molar-refractivity contribution is 5.93. The van der Waals surface area contributed by atoms with E-state index in [2.05, 4.69) is 10.3 Å². The Labute approximate surface area is 155 Å². The number of nitrogens with zero attached hydrogens (tertiary/aromatic N) is 2. The van der Waals surface area contributed by atoms with Crippen molar-refractivity contribution in [2.45, 2.75) is 50.2 Å². The van der Waals surface area contributed by atoms with Crippen LogP contribution in [0, 0.1) is 0 Å². The molecule has 0 spiro atoms. The van der Waals surface area contributed by atoms with Crippen LogP contribution in [0.15, 0.2) is 4.99 Å². The standard InChI is InChI=1S/C15H26N6O6/c16-8(3-1-5-19-15(17)18)13(25)21-6-2-4-10(21)12(24)20-9(14(26)27)7-11(22)23/h8-10H,1-7,16H2,(H,20,24)(H,22,23)(H,26,27)(H4,17,18,19). The van der Waals surface area contributed by atoms with Crippen LogP contribution in [0.2, 0.25) is 0 Å². The van der Waals surface area contributed by atoms with Crippen molar-refractivity contribution in [3.8, 4) is 0 Å². The molecule has 3 unspecified atom stereocenters. The van der Waals surface area contributed by atoms with Gasteiger partial charge < -0.3 is 37.6 Å². The van der Waals surface area contributed by atoms with E-state index in [0.717, 1.165) is 0 Å². The fourth-order valence-electron chi connectivity index (χ4n) is 2.80. The summed E-state index contributed by atoms with van der Waals surface area (Å²) in [5.41, 5.74) is 16.3. The van der Waals surface area contributed by atoms with Gasteiger partial charge in [-0.25, -0.2) is 4.79 Å². The number of hydrogen-bond acceptors (Lipinski definition) is 6. The summed E-state index contributed by atoms with van der Waals surface area (Å²) in [7, 11) is 0. The SMILES string of the molecule is NC(N)=NCCCC(N)C(=O)N1CCCC1C(=O)NC(CC(=O)O)C(=O)O. The van der Waals surface area contributed by atoms with Gasteiger partial charge in [-0.3, -0.25) is 19.4 Å². The van der Waals surface area contributed by atoms with Gasteiger partial charge in [-0.1, -0.05) is 0 Å². The lowest BCUT2D eigenvalue weighted by Gasteiger charge is -2.27. The first-order valence-electron chi connectivity index (χ1n) is 8.50. The molecule has 27 heavy (non-hydrogen) atoms. The van der Waals surface area contributed by atoms with Gasteiger partial charge >= 0.3 is 11.9 Å². The van der Waals surface area contributed by atoms with Gasteiger partial charge in [-0.2, -0.15) is 0 Å². The van der Waals surface area contributed by atoms with Crippen molar-refractivity contribution in [3.05, 3.63) is 0 Å². The maximum absolute atomic E-state index is 12.5.